The highest BCUT2D eigenvalue weighted by Crippen LogP contribution is 2.23. The molecule has 2 aromatic rings. The van der Waals surface area contributed by atoms with Crippen molar-refractivity contribution in [2.75, 3.05) is 5.32 Å². The molecule has 0 aliphatic heterocycles. The van der Waals surface area contributed by atoms with E-state index in [4.69, 9.17) is 16.9 Å². The van der Waals surface area contributed by atoms with Crippen LogP contribution in [-0.2, 0) is 0 Å². The highest BCUT2D eigenvalue weighted by molar-refractivity contribution is 6.31. The van der Waals surface area contributed by atoms with E-state index in [1.165, 1.54) is 0 Å². The van der Waals surface area contributed by atoms with Crippen LogP contribution in [0.25, 0.3) is 0 Å². The van der Waals surface area contributed by atoms with Gasteiger partial charge in [-0.2, -0.15) is 5.26 Å². The quantitative estimate of drug-likeness (QED) is 0.854. The predicted molar refractivity (Wildman–Crippen MR) is 70.6 cm³/mol. The zero-order valence-electron chi connectivity index (χ0n) is 9.37. The van der Waals surface area contributed by atoms with Crippen molar-refractivity contribution < 1.29 is 0 Å². The molecule has 0 amide bonds. The van der Waals surface area contributed by atoms with E-state index in [0.717, 1.165) is 22.0 Å². The normalized spacial score (nSPS) is 9.71. The monoisotopic (exact) mass is 242 g/mol. The number of nitrogens with one attached hydrogen (secondary N) is 1. The van der Waals surface area contributed by atoms with Gasteiger partial charge in [-0.25, -0.2) is 0 Å². The fourth-order valence-electron chi connectivity index (χ4n) is 1.47. The predicted octanol–water partition coefficient (Wildman–Crippen LogP) is 4.26. The topological polar surface area (TPSA) is 35.8 Å². The van der Waals surface area contributed by atoms with Gasteiger partial charge in [0.15, 0.2) is 0 Å². The number of nitrogens with zero attached hydrogens (tertiary/aromatic N) is 1. The largest absolute Gasteiger partial charge is 0.355 e. The molecular weight excluding hydrogens is 232 g/mol. The average Bonchev–Trinajstić information content (AvgIpc) is 2.35. The summed E-state index contributed by atoms with van der Waals surface area (Å²) in [4.78, 5) is 0. The summed E-state index contributed by atoms with van der Waals surface area (Å²) in [6.45, 7) is 1.97. The summed E-state index contributed by atoms with van der Waals surface area (Å²) in [5.74, 6) is 0. The van der Waals surface area contributed by atoms with Gasteiger partial charge in [0.05, 0.1) is 11.6 Å². The standard InChI is InChI=1S/C14H11ClN2/c1-10-2-5-13(8-14(10)15)17-12-6-3-11(9-16)4-7-12/h2-8,17H,1H3. The SMILES string of the molecule is Cc1ccc(Nc2ccc(C#N)cc2)cc1Cl. The maximum absolute atomic E-state index is 8.70. The lowest BCUT2D eigenvalue weighted by atomic mass is 10.2. The van der Waals surface area contributed by atoms with Gasteiger partial charge in [-0.1, -0.05) is 17.7 Å². The number of rotatable bonds is 2. The molecule has 1 N–H and O–H groups in total. The van der Waals surface area contributed by atoms with Crippen molar-refractivity contribution in [2.24, 2.45) is 0 Å². The molecule has 2 nitrogen and oxygen atoms in total. The summed E-state index contributed by atoms with van der Waals surface area (Å²) >= 11 is 6.04. The molecule has 0 spiro atoms. The van der Waals surface area contributed by atoms with Gasteiger partial charge in [0.2, 0.25) is 0 Å². The van der Waals surface area contributed by atoms with E-state index in [0.29, 0.717) is 5.56 Å². The number of halogens is 1. The molecule has 0 aliphatic carbocycles. The van der Waals surface area contributed by atoms with Crippen molar-refractivity contribution in [2.45, 2.75) is 6.92 Å². The maximum Gasteiger partial charge on any atom is 0.0991 e. The zero-order valence-corrected chi connectivity index (χ0v) is 10.1. The highest BCUT2D eigenvalue weighted by atomic mass is 35.5. The van der Waals surface area contributed by atoms with E-state index in [2.05, 4.69) is 11.4 Å². The summed E-state index contributed by atoms with van der Waals surface area (Å²) in [6, 6.07) is 15.2. The summed E-state index contributed by atoms with van der Waals surface area (Å²) < 4.78 is 0. The first-order valence-corrected chi connectivity index (χ1v) is 5.60. The van der Waals surface area contributed by atoms with Crippen molar-refractivity contribution >= 4 is 23.0 Å². The minimum Gasteiger partial charge on any atom is -0.355 e. The van der Waals surface area contributed by atoms with Crippen molar-refractivity contribution in [1.29, 1.82) is 5.26 Å². The maximum atomic E-state index is 8.70. The first-order valence-electron chi connectivity index (χ1n) is 5.22. The van der Waals surface area contributed by atoms with Gasteiger partial charge in [0, 0.05) is 16.4 Å². The van der Waals surface area contributed by atoms with Gasteiger partial charge in [0.25, 0.3) is 0 Å². The van der Waals surface area contributed by atoms with E-state index >= 15 is 0 Å². The van der Waals surface area contributed by atoms with E-state index in [-0.39, 0.29) is 0 Å². The van der Waals surface area contributed by atoms with Crippen LogP contribution in [0.3, 0.4) is 0 Å². The molecule has 0 aromatic heterocycles. The highest BCUT2D eigenvalue weighted by Gasteiger charge is 1.98. The second-order valence-corrected chi connectivity index (χ2v) is 4.19. The second-order valence-electron chi connectivity index (χ2n) is 3.78. The molecule has 3 heteroatoms. The molecule has 0 heterocycles. The molecule has 0 unspecified atom stereocenters. The minimum atomic E-state index is 0.650. The first-order chi connectivity index (χ1) is 8.19. The summed E-state index contributed by atoms with van der Waals surface area (Å²) in [5.41, 5.74) is 3.57. The molecule has 84 valence electrons. The molecule has 0 atom stereocenters. The number of aryl methyl sites for hydroxylation is 1. The van der Waals surface area contributed by atoms with Gasteiger partial charge < -0.3 is 5.32 Å². The fraction of sp³-hybridized carbons (Fsp3) is 0.0714. The van der Waals surface area contributed by atoms with E-state index in [1.807, 2.05) is 37.3 Å². The Hall–Kier alpha value is -1.98. The van der Waals surface area contributed by atoms with Crippen LogP contribution in [-0.4, -0.2) is 0 Å². The third-order valence-electron chi connectivity index (χ3n) is 2.47. The second kappa shape index (κ2) is 4.90. The lowest BCUT2D eigenvalue weighted by Crippen LogP contribution is -1.90. The van der Waals surface area contributed by atoms with Crippen LogP contribution < -0.4 is 5.32 Å². The Morgan fingerprint density at radius 3 is 2.29 bits per heavy atom. The summed E-state index contributed by atoms with van der Waals surface area (Å²) in [5, 5.41) is 12.7. The molecular formula is C14H11ClN2. The van der Waals surface area contributed by atoms with Crippen LogP contribution in [0.15, 0.2) is 42.5 Å². The van der Waals surface area contributed by atoms with Crippen LogP contribution in [0, 0.1) is 18.3 Å². The van der Waals surface area contributed by atoms with Gasteiger partial charge >= 0.3 is 0 Å². The van der Waals surface area contributed by atoms with E-state index in [9.17, 15) is 0 Å². The molecule has 2 rings (SSSR count). The number of anilines is 2. The zero-order chi connectivity index (χ0) is 12.3. The third-order valence-corrected chi connectivity index (χ3v) is 2.88. The van der Waals surface area contributed by atoms with E-state index in [1.54, 1.807) is 12.1 Å². The molecule has 0 aliphatic rings. The Labute approximate surface area is 105 Å². The lowest BCUT2D eigenvalue weighted by molar-refractivity contribution is 1.44. The Morgan fingerprint density at radius 1 is 1.06 bits per heavy atom. The summed E-state index contributed by atoms with van der Waals surface area (Å²) in [7, 11) is 0. The van der Waals surface area contributed by atoms with Crippen LogP contribution in [0.2, 0.25) is 5.02 Å². The molecule has 2 aromatic carbocycles. The molecule has 0 saturated carbocycles. The van der Waals surface area contributed by atoms with Gasteiger partial charge in [-0.05, 0) is 48.9 Å². The van der Waals surface area contributed by atoms with Crippen molar-refractivity contribution in [3.8, 4) is 6.07 Å². The smallest absolute Gasteiger partial charge is 0.0991 e. The third kappa shape index (κ3) is 2.77. The Kier molecular flexibility index (Phi) is 3.32. The molecule has 0 saturated heterocycles. The van der Waals surface area contributed by atoms with Gasteiger partial charge in [-0.3, -0.25) is 0 Å². The van der Waals surface area contributed by atoms with E-state index < -0.39 is 0 Å². The fourth-order valence-corrected chi connectivity index (χ4v) is 1.65. The van der Waals surface area contributed by atoms with Gasteiger partial charge in [-0.15, -0.1) is 0 Å². The molecule has 0 bridgehead atoms. The average molecular weight is 243 g/mol. The lowest BCUT2D eigenvalue weighted by Gasteiger charge is -2.07. The van der Waals surface area contributed by atoms with Crippen molar-refractivity contribution in [3.05, 3.63) is 58.6 Å². The van der Waals surface area contributed by atoms with Crippen LogP contribution in [0.5, 0.6) is 0 Å². The van der Waals surface area contributed by atoms with Crippen LogP contribution >= 0.6 is 11.6 Å². The first kappa shape index (κ1) is 11.5. The van der Waals surface area contributed by atoms with Gasteiger partial charge in [0.1, 0.15) is 0 Å². The molecule has 0 fully saturated rings. The minimum absolute atomic E-state index is 0.650. The summed E-state index contributed by atoms with van der Waals surface area (Å²) in [6.07, 6.45) is 0. The van der Waals surface area contributed by atoms with Crippen LogP contribution in [0.4, 0.5) is 11.4 Å². The van der Waals surface area contributed by atoms with Crippen LogP contribution in [0.1, 0.15) is 11.1 Å². The number of nitriles is 1. The van der Waals surface area contributed by atoms with Crippen molar-refractivity contribution in [3.63, 3.8) is 0 Å². The Balaban J connectivity index is 2.20. The Morgan fingerprint density at radius 2 is 1.71 bits per heavy atom. The number of hydrogen-bond acceptors (Lipinski definition) is 2. The number of hydrogen-bond donors (Lipinski definition) is 1. The number of benzene rings is 2. The van der Waals surface area contributed by atoms with Crippen molar-refractivity contribution in [1.82, 2.24) is 0 Å². The molecule has 17 heavy (non-hydrogen) atoms. The molecule has 0 radical (unpaired) electrons. The Bertz CT molecular complexity index is 568.